The monoisotopic (exact) mass is 235 g/mol. The Balaban J connectivity index is 2.43. The zero-order valence-electron chi connectivity index (χ0n) is 10.9. The van der Waals surface area contributed by atoms with Crippen molar-refractivity contribution in [1.29, 1.82) is 0 Å². The number of hydrogen-bond donors (Lipinski definition) is 1. The highest BCUT2D eigenvalue weighted by Crippen LogP contribution is 2.02. The van der Waals surface area contributed by atoms with E-state index in [4.69, 9.17) is 0 Å². The number of pyridine rings is 1. The first-order valence-electron chi connectivity index (χ1n) is 6.11. The lowest BCUT2D eigenvalue weighted by Crippen LogP contribution is -2.35. The summed E-state index contributed by atoms with van der Waals surface area (Å²) in [6.45, 7) is 9.68. The van der Waals surface area contributed by atoms with Gasteiger partial charge in [0.2, 0.25) is 0 Å². The molecule has 0 spiro atoms. The Bertz CT molecular complexity index is 361. The predicted octanol–water partition coefficient (Wildman–Crippen LogP) is 1.46. The number of aromatic nitrogens is 1. The van der Waals surface area contributed by atoms with Gasteiger partial charge in [0.05, 0.1) is 5.56 Å². The Kier molecular flexibility index (Phi) is 5.63. The first kappa shape index (κ1) is 13.6. The van der Waals surface area contributed by atoms with E-state index >= 15 is 0 Å². The lowest BCUT2D eigenvalue weighted by Gasteiger charge is -2.18. The van der Waals surface area contributed by atoms with E-state index in [1.165, 1.54) is 0 Å². The average Bonchev–Trinajstić information content (AvgIpc) is 2.35. The molecule has 0 unspecified atom stereocenters. The van der Waals surface area contributed by atoms with Crippen molar-refractivity contribution in [2.75, 3.05) is 26.2 Å². The molecule has 1 rings (SSSR count). The van der Waals surface area contributed by atoms with Gasteiger partial charge in [-0.2, -0.15) is 0 Å². The molecule has 0 fully saturated rings. The summed E-state index contributed by atoms with van der Waals surface area (Å²) in [5.41, 5.74) is 1.43. The van der Waals surface area contributed by atoms with Gasteiger partial charge in [0.25, 0.3) is 5.91 Å². The van der Waals surface area contributed by atoms with Crippen LogP contribution >= 0.6 is 0 Å². The minimum atomic E-state index is -0.0391. The maximum absolute atomic E-state index is 11.9. The van der Waals surface area contributed by atoms with E-state index in [1.54, 1.807) is 18.3 Å². The highest BCUT2D eigenvalue weighted by Gasteiger charge is 2.08. The first-order valence-corrected chi connectivity index (χ1v) is 6.11. The van der Waals surface area contributed by atoms with Crippen LogP contribution in [0.3, 0.4) is 0 Å². The number of carbonyl (C=O) groups is 1. The van der Waals surface area contributed by atoms with Gasteiger partial charge in [-0.05, 0) is 32.1 Å². The van der Waals surface area contributed by atoms with E-state index < -0.39 is 0 Å². The van der Waals surface area contributed by atoms with Crippen LogP contribution in [-0.4, -0.2) is 42.0 Å². The number of hydrogen-bond acceptors (Lipinski definition) is 3. The van der Waals surface area contributed by atoms with E-state index in [0.717, 1.165) is 25.3 Å². The van der Waals surface area contributed by atoms with Crippen LogP contribution in [-0.2, 0) is 0 Å². The SMILES string of the molecule is CCN(CC)CCNC(=O)c1cccnc1C. The van der Waals surface area contributed by atoms with Gasteiger partial charge in [0, 0.05) is 25.0 Å². The Morgan fingerprint density at radius 2 is 2.12 bits per heavy atom. The largest absolute Gasteiger partial charge is 0.351 e. The maximum Gasteiger partial charge on any atom is 0.253 e. The normalized spacial score (nSPS) is 10.6. The van der Waals surface area contributed by atoms with Crippen LogP contribution in [0.4, 0.5) is 0 Å². The van der Waals surface area contributed by atoms with Gasteiger partial charge in [-0.15, -0.1) is 0 Å². The van der Waals surface area contributed by atoms with Gasteiger partial charge in [-0.1, -0.05) is 13.8 Å². The molecule has 1 aromatic rings. The van der Waals surface area contributed by atoms with Gasteiger partial charge in [-0.25, -0.2) is 0 Å². The zero-order chi connectivity index (χ0) is 12.7. The van der Waals surface area contributed by atoms with Gasteiger partial charge in [0.1, 0.15) is 0 Å². The molecule has 0 atom stereocenters. The summed E-state index contributed by atoms with van der Waals surface area (Å²) >= 11 is 0. The summed E-state index contributed by atoms with van der Waals surface area (Å²) in [4.78, 5) is 18.2. The molecule has 0 aliphatic carbocycles. The molecule has 0 radical (unpaired) electrons. The van der Waals surface area contributed by atoms with Crippen LogP contribution in [0.5, 0.6) is 0 Å². The first-order chi connectivity index (χ1) is 8.19. The van der Waals surface area contributed by atoms with Crippen LogP contribution in [0.2, 0.25) is 0 Å². The second kappa shape index (κ2) is 7.01. The third-order valence-electron chi connectivity index (χ3n) is 2.86. The summed E-state index contributed by atoms with van der Waals surface area (Å²) < 4.78 is 0. The highest BCUT2D eigenvalue weighted by molar-refractivity contribution is 5.95. The van der Waals surface area contributed by atoms with Gasteiger partial charge in [0.15, 0.2) is 0 Å². The topological polar surface area (TPSA) is 45.2 Å². The molecule has 0 saturated heterocycles. The second-order valence-electron chi connectivity index (χ2n) is 3.92. The molecule has 0 bridgehead atoms. The fourth-order valence-electron chi connectivity index (χ4n) is 1.69. The number of nitrogens with one attached hydrogen (secondary N) is 1. The average molecular weight is 235 g/mol. The lowest BCUT2D eigenvalue weighted by atomic mass is 10.2. The maximum atomic E-state index is 11.9. The molecule has 4 nitrogen and oxygen atoms in total. The number of rotatable bonds is 6. The molecule has 4 heteroatoms. The van der Waals surface area contributed by atoms with E-state index in [-0.39, 0.29) is 5.91 Å². The Morgan fingerprint density at radius 3 is 2.71 bits per heavy atom. The predicted molar refractivity (Wildman–Crippen MR) is 69.1 cm³/mol. The molecule has 0 aliphatic heterocycles. The molecule has 0 aliphatic rings. The van der Waals surface area contributed by atoms with E-state index in [2.05, 4.69) is 29.0 Å². The molecule has 94 valence electrons. The van der Waals surface area contributed by atoms with Crippen LogP contribution in [0.15, 0.2) is 18.3 Å². The minimum Gasteiger partial charge on any atom is -0.351 e. The van der Waals surface area contributed by atoms with Gasteiger partial charge in [-0.3, -0.25) is 9.78 Å². The summed E-state index contributed by atoms with van der Waals surface area (Å²) in [6, 6.07) is 3.58. The van der Waals surface area contributed by atoms with Crippen molar-refractivity contribution in [2.45, 2.75) is 20.8 Å². The van der Waals surface area contributed by atoms with Crippen molar-refractivity contribution >= 4 is 5.91 Å². The molecule has 0 aromatic carbocycles. The fourth-order valence-corrected chi connectivity index (χ4v) is 1.69. The number of amides is 1. The van der Waals surface area contributed by atoms with Crippen molar-refractivity contribution in [3.63, 3.8) is 0 Å². The van der Waals surface area contributed by atoms with Crippen molar-refractivity contribution in [3.05, 3.63) is 29.6 Å². The zero-order valence-corrected chi connectivity index (χ0v) is 10.9. The molecule has 17 heavy (non-hydrogen) atoms. The standard InChI is InChI=1S/C13H21N3O/c1-4-16(5-2)10-9-15-13(17)12-7-6-8-14-11(12)3/h6-8H,4-5,9-10H2,1-3H3,(H,15,17). The number of carbonyl (C=O) groups excluding carboxylic acids is 1. The minimum absolute atomic E-state index is 0.0391. The molecular weight excluding hydrogens is 214 g/mol. The van der Waals surface area contributed by atoms with Gasteiger partial charge >= 0.3 is 0 Å². The molecule has 1 amide bonds. The Morgan fingerprint density at radius 1 is 1.41 bits per heavy atom. The van der Waals surface area contributed by atoms with Crippen LogP contribution in [0.1, 0.15) is 29.9 Å². The van der Waals surface area contributed by atoms with E-state index in [0.29, 0.717) is 12.1 Å². The molecule has 0 saturated carbocycles. The Labute approximate surface area is 103 Å². The summed E-state index contributed by atoms with van der Waals surface area (Å²) in [6.07, 6.45) is 1.70. The summed E-state index contributed by atoms with van der Waals surface area (Å²) in [5.74, 6) is -0.0391. The third kappa shape index (κ3) is 4.15. The van der Waals surface area contributed by atoms with Gasteiger partial charge < -0.3 is 10.2 Å². The van der Waals surface area contributed by atoms with Crippen LogP contribution in [0.25, 0.3) is 0 Å². The molecule has 1 heterocycles. The third-order valence-corrected chi connectivity index (χ3v) is 2.86. The number of likely N-dealkylation sites (N-methyl/N-ethyl adjacent to an activating group) is 1. The summed E-state index contributed by atoms with van der Waals surface area (Å²) in [5, 5.41) is 2.92. The molecular formula is C13H21N3O. The van der Waals surface area contributed by atoms with E-state index in [9.17, 15) is 4.79 Å². The highest BCUT2D eigenvalue weighted by atomic mass is 16.1. The second-order valence-corrected chi connectivity index (χ2v) is 3.92. The number of aryl methyl sites for hydroxylation is 1. The fraction of sp³-hybridized carbons (Fsp3) is 0.538. The molecule has 1 aromatic heterocycles. The van der Waals surface area contributed by atoms with Crippen molar-refractivity contribution in [3.8, 4) is 0 Å². The van der Waals surface area contributed by atoms with Crippen molar-refractivity contribution in [1.82, 2.24) is 15.2 Å². The Hall–Kier alpha value is -1.42. The van der Waals surface area contributed by atoms with Crippen LogP contribution < -0.4 is 5.32 Å². The lowest BCUT2D eigenvalue weighted by molar-refractivity contribution is 0.0948. The smallest absolute Gasteiger partial charge is 0.253 e. The molecule has 1 N–H and O–H groups in total. The van der Waals surface area contributed by atoms with E-state index in [1.807, 2.05) is 6.92 Å². The van der Waals surface area contributed by atoms with Crippen molar-refractivity contribution in [2.24, 2.45) is 0 Å². The number of nitrogens with zero attached hydrogens (tertiary/aromatic N) is 2. The summed E-state index contributed by atoms with van der Waals surface area (Å²) in [7, 11) is 0. The quantitative estimate of drug-likeness (QED) is 0.812. The van der Waals surface area contributed by atoms with Crippen molar-refractivity contribution < 1.29 is 4.79 Å². The van der Waals surface area contributed by atoms with Crippen LogP contribution in [0, 0.1) is 6.92 Å².